The molecule has 3 aliphatic carbocycles. The molecular weight excluding hydrogens is 363 g/mol. The molecule has 27 heavy (non-hydrogen) atoms. The van der Waals surface area contributed by atoms with Crippen LogP contribution >= 0.6 is 11.6 Å². The Morgan fingerprint density at radius 1 is 1.00 bits per heavy atom. The van der Waals surface area contributed by atoms with Gasteiger partial charge in [-0.1, -0.05) is 30.3 Å². The summed E-state index contributed by atoms with van der Waals surface area (Å²) < 4.78 is 15.8. The van der Waals surface area contributed by atoms with Crippen molar-refractivity contribution in [3.8, 4) is 0 Å². The van der Waals surface area contributed by atoms with Crippen LogP contribution in [-0.2, 0) is 10.8 Å². The molecule has 2 fully saturated rings. The zero-order valence-corrected chi connectivity index (χ0v) is 15.7. The number of carbonyl (C=O) groups is 1. The first-order chi connectivity index (χ1) is 12.9. The fourth-order valence-electron chi connectivity index (χ4n) is 4.85. The Labute approximate surface area is 162 Å². The Kier molecular flexibility index (Phi) is 3.43. The fraction of sp³-hybridized carbons (Fsp3) is 0.348. The second-order valence-electron chi connectivity index (χ2n) is 8.39. The molecule has 0 saturated heterocycles. The van der Waals surface area contributed by atoms with Gasteiger partial charge in [-0.3, -0.25) is 0 Å². The molecule has 3 aliphatic rings. The average molecular weight is 383 g/mol. The Balaban J connectivity index is 1.63. The van der Waals surface area contributed by atoms with Crippen LogP contribution in [0.5, 0.6) is 0 Å². The van der Waals surface area contributed by atoms with E-state index in [-0.39, 0.29) is 22.2 Å². The minimum Gasteiger partial charge on any atom is -0.478 e. The summed E-state index contributed by atoms with van der Waals surface area (Å²) in [6.45, 7) is 4.09. The first kappa shape index (κ1) is 17.0. The highest BCUT2D eigenvalue weighted by molar-refractivity contribution is 6.32. The third kappa shape index (κ3) is 2.41. The van der Waals surface area contributed by atoms with Crippen molar-refractivity contribution in [2.45, 2.75) is 49.4 Å². The Morgan fingerprint density at radius 3 is 2.07 bits per heavy atom. The number of carboxylic acid groups (broad SMARTS) is 1. The lowest BCUT2D eigenvalue weighted by atomic mass is 9.71. The first-order valence-corrected chi connectivity index (χ1v) is 9.81. The van der Waals surface area contributed by atoms with Gasteiger partial charge in [-0.15, -0.1) is 0 Å². The number of carboxylic acids is 1. The van der Waals surface area contributed by atoms with Crippen molar-refractivity contribution in [3.05, 3.63) is 75.6 Å². The number of rotatable bonds is 3. The molecule has 0 heterocycles. The molecule has 2 aromatic rings. The van der Waals surface area contributed by atoms with Gasteiger partial charge in [-0.25, -0.2) is 9.18 Å². The van der Waals surface area contributed by atoms with Gasteiger partial charge >= 0.3 is 5.97 Å². The number of benzene rings is 2. The van der Waals surface area contributed by atoms with E-state index in [1.165, 1.54) is 12.1 Å². The predicted molar refractivity (Wildman–Crippen MR) is 104 cm³/mol. The fourth-order valence-corrected chi connectivity index (χ4v) is 5.16. The summed E-state index contributed by atoms with van der Waals surface area (Å²) >= 11 is 6.57. The largest absolute Gasteiger partial charge is 0.478 e. The van der Waals surface area contributed by atoms with Crippen molar-refractivity contribution >= 4 is 23.1 Å². The van der Waals surface area contributed by atoms with Gasteiger partial charge in [0.05, 0.1) is 10.6 Å². The molecule has 0 unspecified atom stereocenters. The maximum absolute atomic E-state index is 15.8. The number of fused-ring (bicyclic) bond motifs is 3. The summed E-state index contributed by atoms with van der Waals surface area (Å²) in [5.41, 5.74) is 3.90. The van der Waals surface area contributed by atoms with Gasteiger partial charge in [-0.05, 0) is 89.8 Å². The lowest BCUT2D eigenvalue weighted by molar-refractivity contribution is 0.0697. The van der Waals surface area contributed by atoms with E-state index >= 15 is 4.39 Å². The van der Waals surface area contributed by atoms with Gasteiger partial charge in [0.2, 0.25) is 0 Å². The van der Waals surface area contributed by atoms with E-state index < -0.39 is 5.97 Å². The van der Waals surface area contributed by atoms with Crippen molar-refractivity contribution in [1.29, 1.82) is 0 Å². The zero-order valence-electron chi connectivity index (χ0n) is 14.9. The van der Waals surface area contributed by atoms with Crippen molar-refractivity contribution in [3.63, 3.8) is 0 Å². The van der Waals surface area contributed by atoms with E-state index in [0.29, 0.717) is 21.7 Å². The molecule has 0 amide bonds. The number of aromatic carboxylic acids is 1. The molecule has 138 valence electrons. The normalized spacial score (nSPS) is 20.4. The lowest BCUT2D eigenvalue weighted by Gasteiger charge is -2.34. The number of hydrogen-bond donors (Lipinski definition) is 1. The quantitative estimate of drug-likeness (QED) is 0.696. The van der Waals surface area contributed by atoms with Crippen LogP contribution in [0.4, 0.5) is 4.39 Å². The van der Waals surface area contributed by atoms with Gasteiger partial charge in [0.15, 0.2) is 0 Å². The van der Waals surface area contributed by atoms with Gasteiger partial charge < -0.3 is 5.11 Å². The maximum Gasteiger partial charge on any atom is 0.335 e. The smallest absolute Gasteiger partial charge is 0.335 e. The van der Waals surface area contributed by atoms with Crippen molar-refractivity contribution < 1.29 is 14.3 Å². The zero-order chi connectivity index (χ0) is 19.0. The summed E-state index contributed by atoms with van der Waals surface area (Å²) in [6.07, 6.45) is 6.57. The standard InChI is InChI=1S/C23H20ClFO2/c1-13(14-2-4-15(5-3-14)21(26)27)18-17(24)12-16-19(20(18)25)23(10-11-23)9-8-22(16)6-7-22/h2-5,12H,1,6-11H2,(H,26,27). The molecule has 2 nitrogen and oxygen atoms in total. The summed E-state index contributed by atoms with van der Waals surface area (Å²) in [5, 5.41) is 9.47. The monoisotopic (exact) mass is 382 g/mol. The van der Waals surface area contributed by atoms with Crippen LogP contribution < -0.4 is 0 Å². The summed E-state index contributed by atoms with van der Waals surface area (Å²) in [6, 6.07) is 8.33. The topological polar surface area (TPSA) is 37.3 Å². The highest BCUT2D eigenvalue weighted by Gasteiger charge is 2.58. The molecular formula is C23H20ClFO2. The molecule has 2 aromatic carbocycles. The Hall–Kier alpha value is -2.13. The van der Waals surface area contributed by atoms with Crippen LogP contribution in [-0.4, -0.2) is 11.1 Å². The first-order valence-electron chi connectivity index (χ1n) is 9.43. The molecule has 0 atom stereocenters. The van der Waals surface area contributed by atoms with Crippen LogP contribution in [0.15, 0.2) is 36.9 Å². The predicted octanol–water partition coefficient (Wildman–Crippen LogP) is 6.10. The van der Waals surface area contributed by atoms with E-state index in [9.17, 15) is 4.79 Å². The van der Waals surface area contributed by atoms with Gasteiger partial charge in [0, 0.05) is 5.56 Å². The number of halogens is 2. The minimum atomic E-state index is -0.990. The van der Waals surface area contributed by atoms with E-state index in [1.807, 2.05) is 6.07 Å². The molecule has 0 aliphatic heterocycles. The molecule has 4 heteroatoms. The molecule has 5 rings (SSSR count). The third-order valence-corrected chi connectivity index (χ3v) is 7.19. The van der Waals surface area contributed by atoms with Crippen LogP contribution in [0, 0.1) is 5.82 Å². The second-order valence-corrected chi connectivity index (χ2v) is 8.80. The van der Waals surface area contributed by atoms with Crippen LogP contribution in [0.2, 0.25) is 5.02 Å². The SMILES string of the molecule is C=C(c1ccc(C(=O)O)cc1)c1c(Cl)cc2c(c1F)C1(CCC23CC3)CC1. The van der Waals surface area contributed by atoms with E-state index in [2.05, 4.69) is 6.58 Å². The van der Waals surface area contributed by atoms with Crippen molar-refractivity contribution in [2.24, 2.45) is 0 Å². The highest BCUT2D eigenvalue weighted by Crippen LogP contribution is 2.66. The molecule has 1 N–H and O–H groups in total. The molecule has 0 aromatic heterocycles. The van der Waals surface area contributed by atoms with Gasteiger partial charge in [0.25, 0.3) is 0 Å². The third-order valence-electron chi connectivity index (χ3n) is 6.89. The summed E-state index contributed by atoms with van der Waals surface area (Å²) in [4.78, 5) is 11.1. The highest BCUT2D eigenvalue weighted by atomic mass is 35.5. The van der Waals surface area contributed by atoms with E-state index in [1.54, 1.807) is 12.1 Å². The lowest BCUT2D eigenvalue weighted by Crippen LogP contribution is -2.26. The van der Waals surface area contributed by atoms with Crippen LogP contribution in [0.3, 0.4) is 0 Å². The van der Waals surface area contributed by atoms with Crippen LogP contribution in [0.25, 0.3) is 5.57 Å². The number of hydrogen-bond acceptors (Lipinski definition) is 1. The summed E-state index contributed by atoms with van der Waals surface area (Å²) in [7, 11) is 0. The second kappa shape index (κ2) is 5.45. The Morgan fingerprint density at radius 2 is 1.52 bits per heavy atom. The molecule has 2 saturated carbocycles. The molecule has 2 spiro atoms. The summed E-state index contributed by atoms with van der Waals surface area (Å²) in [5.74, 6) is -1.20. The Bertz CT molecular complexity index is 998. The van der Waals surface area contributed by atoms with Gasteiger partial charge in [-0.2, -0.15) is 0 Å². The van der Waals surface area contributed by atoms with Gasteiger partial charge in [0.1, 0.15) is 5.82 Å². The maximum atomic E-state index is 15.8. The van der Waals surface area contributed by atoms with E-state index in [0.717, 1.165) is 49.7 Å². The minimum absolute atomic E-state index is 0.0000402. The van der Waals surface area contributed by atoms with Crippen molar-refractivity contribution in [2.75, 3.05) is 0 Å². The van der Waals surface area contributed by atoms with Crippen molar-refractivity contribution in [1.82, 2.24) is 0 Å². The van der Waals surface area contributed by atoms with E-state index in [4.69, 9.17) is 16.7 Å². The molecule has 0 bridgehead atoms. The van der Waals surface area contributed by atoms with Crippen LogP contribution in [0.1, 0.15) is 71.1 Å². The molecule has 0 radical (unpaired) electrons. The average Bonchev–Trinajstić information content (AvgIpc) is 3.55.